The smallest absolute Gasteiger partial charge is 0.326 e. The lowest BCUT2D eigenvalue weighted by atomic mass is 10.0. The first-order valence-electron chi connectivity index (χ1n) is 9.76. The quantitative estimate of drug-likeness (QED) is 0.132. The van der Waals surface area contributed by atoms with Crippen LogP contribution in [0, 0.1) is 5.92 Å². The van der Waals surface area contributed by atoms with Gasteiger partial charge in [0, 0.05) is 6.42 Å². The number of rotatable bonds is 14. The molecule has 0 aliphatic carbocycles. The molecule has 0 aromatic rings. The highest BCUT2D eigenvalue weighted by Gasteiger charge is 2.32. The molecule has 0 heterocycles. The molecule has 0 aliphatic rings. The van der Waals surface area contributed by atoms with Crippen molar-refractivity contribution in [3.63, 3.8) is 0 Å². The molecule has 178 valence electrons. The van der Waals surface area contributed by atoms with Crippen molar-refractivity contribution < 1.29 is 39.3 Å². The Kier molecular flexibility index (Phi) is 12.3. The first-order valence-corrected chi connectivity index (χ1v) is 9.76. The van der Waals surface area contributed by atoms with Gasteiger partial charge in [-0.05, 0) is 25.7 Å². The molecule has 13 heteroatoms. The van der Waals surface area contributed by atoms with Crippen LogP contribution in [0.4, 0.5) is 0 Å². The van der Waals surface area contributed by atoms with Crippen LogP contribution in [0.5, 0.6) is 0 Å². The maximum Gasteiger partial charge on any atom is 0.326 e. The van der Waals surface area contributed by atoms with E-state index in [1.807, 2.05) is 0 Å². The number of aliphatic carboxylic acids is 1. The number of nitrogens with one attached hydrogen (secondary N) is 3. The number of hydrogen-bond donors (Lipinski definition) is 8. The van der Waals surface area contributed by atoms with Crippen molar-refractivity contribution in [2.45, 2.75) is 70.3 Å². The monoisotopic (exact) mass is 447 g/mol. The average Bonchev–Trinajstić information content (AvgIpc) is 2.66. The molecular formula is C18H33N5O8. The average molecular weight is 447 g/mol. The zero-order chi connectivity index (χ0) is 24.3. The van der Waals surface area contributed by atoms with Crippen molar-refractivity contribution in [1.82, 2.24) is 16.0 Å². The summed E-state index contributed by atoms with van der Waals surface area (Å²) in [4.78, 5) is 59.6. The Labute approximate surface area is 179 Å². The molecule has 0 spiro atoms. The molecule has 31 heavy (non-hydrogen) atoms. The first kappa shape index (κ1) is 28.2. The molecule has 0 fully saturated rings. The van der Waals surface area contributed by atoms with Crippen LogP contribution in [0.15, 0.2) is 0 Å². The van der Waals surface area contributed by atoms with Gasteiger partial charge in [-0.1, -0.05) is 13.8 Å². The van der Waals surface area contributed by atoms with Crippen LogP contribution in [0.3, 0.4) is 0 Å². The molecule has 0 radical (unpaired) electrons. The molecule has 0 aliphatic heterocycles. The number of aliphatic hydroxyl groups is 2. The summed E-state index contributed by atoms with van der Waals surface area (Å²) in [7, 11) is 0. The normalized spacial score (nSPS) is 15.8. The number of carboxylic acid groups (broad SMARTS) is 1. The Balaban J connectivity index is 5.47. The summed E-state index contributed by atoms with van der Waals surface area (Å²) < 4.78 is 0. The minimum absolute atomic E-state index is 0.0503. The second-order valence-electron chi connectivity index (χ2n) is 7.61. The number of primary amides is 1. The number of nitrogens with two attached hydrogens (primary N) is 2. The van der Waals surface area contributed by atoms with Crippen LogP contribution < -0.4 is 27.4 Å². The van der Waals surface area contributed by atoms with Crippen LogP contribution in [0.2, 0.25) is 0 Å². The maximum atomic E-state index is 12.6. The van der Waals surface area contributed by atoms with E-state index in [2.05, 4.69) is 16.0 Å². The van der Waals surface area contributed by atoms with Crippen molar-refractivity contribution in [2.24, 2.45) is 17.4 Å². The minimum Gasteiger partial charge on any atom is -0.480 e. The summed E-state index contributed by atoms with van der Waals surface area (Å²) in [6.45, 7) is 4.04. The molecule has 0 saturated carbocycles. The summed E-state index contributed by atoms with van der Waals surface area (Å²) in [5.74, 6) is -4.83. The third-order valence-corrected chi connectivity index (χ3v) is 4.23. The lowest BCUT2D eigenvalue weighted by Crippen LogP contribution is -2.60. The number of hydrogen-bond acceptors (Lipinski definition) is 8. The Morgan fingerprint density at radius 1 is 0.903 bits per heavy atom. The summed E-state index contributed by atoms with van der Waals surface area (Å²) >= 11 is 0. The molecule has 0 rings (SSSR count). The van der Waals surface area contributed by atoms with Crippen molar-refractivity contribution in [2.75, 3.05) is 6.61 Å². The summed E-state index contributed by atoms with van der Waals surface area (Å²) in [6.07, 6.45) is -1.80. The summed E-state index contributed by atoms with van der Waals surface area (Å²) in [5.41, 5.74) is 10.5. The van der Waals surface area contributed by atoms with E-state index in [0.29, 0.717) is 0 Å². The van der Waals surface area contributed by atoms with Crippen molar-refractivity contribution >= 4 is 29.6 Å². The molecule has 0 bridgehead atoms. The van der Waals surface area contributed by atoms with Crippen LogP contribution in [-0.4, -0.2) is 81.8 Å². The number of aliphatic hydroxyl groups excluding tert-OH is 2. The Morgan fingerprint density at radius 2 is 1.45 bits per heavy atom. The maximum absolute atomic E-state index is 12.6. The van der Waals surface area contributed by atoms with Gasteiger partial charge in [-0.3, -0.25) is 19.2 Å². The fourth-order valence-electron chi connectivity index (χ4n) is 2.53. The lowest BCUT2D eigenvalue weighted by molar-refractivity contribution is -0.143. The van der Waals surface area contributed by atoms with E-state index in [-0.39, 0.29) is 25.2 Å². The van der Waals surface area contributed by atoms with E-state index >= 15 is 0 Å². The largest absolute Gasteiger partial charge is 0.480 e. The van der Waals surface area contributed by atoms with Gasteiger partial charge in [0.25, 0.3) is 0 Å². The zero-order valence-electron chi connectivity index (χ0n) is 17.8. The van der Waals surface area contributed by atoms with Gasteiger partial charge in [0.2, 0.25) is 23.6 Å². The van der Waals surface area contributed by atoms with E-state index < -0.39 is 66.5 Å². The summed E-state index contributed by atoms with van der Waals surface area (Å²) in [6, 6.07) is -5.45. The zero-order valence-corrected chi connectivity index (χ0v) is 17.8. The van der Waals surface area contributed by atoms with Crippen LogP contribution in [0.1, 0.15) is 40.0 Å². The molecule has 0 aromatic carbocycles. The molecule has 5 unspecified atom stereocenters. The molecule has 0 saturated heterocycles. The molecular weight excluding hydrogens is 414 g/mol. The highest BCUT2D eigenvalue weighted by molar-refractivity contribution is 5.94. The second-order valence-corrected chi connectivity index (χ2v) is 7.61. The SMILES string of the molecule is CC(C)CC(NC(=O)C(CCC(N)=O)NC(=O)C(NC(=O)C(N)CO)C(C)O)C(=O)O. The van der Waals surface area contributed by atoms with Crippen molar-refractivity contribution in [3.8, 4) is 0 Å². The van der Waals surface area contributed by atoms with Gasteiger partial charge < -0.3 is 42.7 Å². The van der Waals surface area contributed by atoms with Crippen LogP contribution >= 0.6 is 0 Å². The van der Waals surface area contributed by atoms with Crippen LogP contribution in [-0.2, 0) is 24.0 Å². The molecule has 0 aromatic heterocycles. The second kappa shape index (κ2) is 13.5. The van der Waals surface area contributed by atoms with E-state index in [1.54, 1.807) is 13.8 Å². The lowest BCUT2D eigenvalue weighted by Gasteiger charge is -2.26. The van der Waals surface area contributed by atoms with Crippen molar-refractivity contribution in [3.05, 3.63) is 0 Å². The third kappa shape index (κ3) is 10.7. The highest BCUT2D eigenvalue weighted by Crippen LogP contribution is 2.07. The van der Waals surface area contributed by atoms with Crippen molar-refractivity contribution in [1.29, 1.82) is 0 Å². The Hall–Kier alpha value is -2.77. The molecule has 4 amide bonds. The summed E-state index contributed by atoms with van der Waals surface area (Å²) in [5, 5.41) is 34.8. The highest BCUT2D eigenvalue weighted by atomic mass is 16.4. The molecule has 10 N–H and O–H groups in total. The minimum atomic E-state index is -1.53. The predicted octanol–water partition coefficient (Wildman–Crippen LogP) is -3.46. The predicted molar refractivity (Wildman–Crippen MR) is 108 cm³/mol. The van der Waals surface area contributed by atoms with E-state index in [0.717, 1.165) is 0 Å². The Morgan fingerprint density at radius 3 is 1.87 bits per heavy atom. The van der Waals surface area contributed by atoms with E-state index in [1.165, 1.54) is 6.92 Å². The van der Waals surface area contributed by atoms with Gasteiger partial charge >= 0.3 is 5.97 Å². The van der Waals surface area contributed by atoms with E-state index in [4.69, 9.17) is 16.6 Å². The van der Waals surface area contributed by atoms with Gasteiger partial charge in [0.15, 0.2) is 0 Å². The van der Waals surface area contributed by atoms with Gasteiger partial charge in [-0.2, -0.15) is 0 Å². The fourth-order valence-corrected chi connectivity index (χ4v) is 2.53. The molecule has 5 atom stereocenters. The van der Waals surface area contributed by atoms with E-state index in [9.17, 15) is 34.2 Å². The first-order chi connectivity index (χ1) is 14.3. The number of carboxylic acids is 1. The van der Waals surface area contributed by atoms with Gasteiger partial charge in [0.1, 0.15) is 24.2 Å². The van der Waals surface area contributed by atoms with Gasteiger partial charge in [-0.15, -0.1) is 0 Å². The Bertz CT molecular complexity index is 655. The number of amides is 4. The number of carbonyl (C=O) groups is 5. The van der Waals surface area contributed by atoms with Crippen LogP contribution in [0.25, 0.3) is 0 Å². The van der Waals surface area contributed by atoms with Gasteiger partial charge in [0.05, 0.1) is 12.7 Å². The number of carbonyl (C=O) groups excluding carboxylic acids is 4. The topological polar surface area (TPSA) is 234 Å². The fraction of sp³-hybridized carbons (Fsp3) is 0.722. The standard InChI is InChI=1S/C18H33N5O8/c1-8(2)6-12(18(30)31)22-16(28)11(4-5-13(20)26)21-17(29)14(9(3)25)23-15(27)10(19)7-24/h8-12,14,24-25H,4-7,19H2,1-3H3,(H2,20,26)(H,21,29)(H,22,28)(H,23,27)(H,30,31). The van der Waals surface area contributed by atoms with Gasteiger partial charge in [-0.25, -0.2) is 4.79 Å². The molecule has 13 nitrogen and oxygen atoms in total. The third-order valence-electron chi connectivity index (χ3n) is 4.23.